The Morgan fingerprint density at radius 3 is 2.50 bits per heavy atom. The Morgan fingerprint density at radius 1 is 1.50 bits per heavy atom. The third-order valence-corrected chi connectivity index (χ3v) is 2.65. The molecule has 0 unspecified atom stereocenters. The van der Waals surface area contributed by atoms with Crippen molar-refractivity contribution in [3.05, 3.63) is 26.9 Å². The highest BCUT2D eigenvalue weighted by Crippen LogP contribution is 2.30. The van der Waals surface area contributed by atoms with Crippen LogP contribution in [-0.2, 0) is 5.41 Å². The maximum atomic E-state index is 8.76. The predicted octanol–water partition coefficient (Wildman–Crippen LogP) is 3.67. The van der Waals surface area contributed by atoms with Gasteiger partial charge in [-0.15, -0.1) is 0 Å². The molecule has 0 atom stereocenters. The number of rotatable bonds is 0. The molecule has 4 heteroatoms. The van der Waals surface area contributed by atoms with Gasteiger partial charge in [0.1, 0.15) is 10.7 Å². The number of hydrogen-bond acceptors (Lipinski definition) is 2. The number of nitrogens with zero attached hydrogens (tertiary/aromatic N) is 2. The van der Waals surface area contributed by atoms with Crippen molar-refractivity contribution < 1.29 is 0 Å². The van der Waals surface area contributed by atoms with Crippen LogP contribution in [0.5, 0.6) is 0 Å². The summed E-state index contributed by atoms with van der Waals surface area (Å²) in [5, 5.41) is 9.30. The Balaban J connectivity index is 3.38. The van der Waals surface area contributed by atoms with Crippen LogP contribution < -0.4 is 0 Å². The summed E-state index contributed by atoms with van der Waals surface area (Å²) in [6.45, 7) is 6.08. The summed E-state index contributed by atoms with van der Waals surface area (Å²) >= 11 is 9.27. The van der Waals surface area contributed by atoms with E-state index >= 15 is 0 Å². The van der Waals surface area contributed by atoms with Gasteiger partial charge < -0.3 is 0 Å². The van der Waals surface area contributed by atoms with Crippen molar-refractivity contribution in [1.82, 2.24) is 4.98 Å². The Kier molecular flexibility index (Phi) is 3.18. The van der Waals surface area contributed by atoms with Crippen LogP contribution in [0.2, 0.25) is 5.02 Å². The quantitative estimate of drug-likeness (QED) is 0.676. The van der Waals surface area contributed by atoms with Gasteiger partial charge in [-0.2, -0.15) is 5.26 Å². The second-order valence-corrected chi connectivity index (χ2v) is 5.18. The molecule has 0 fully saturated rings. The van der Waals surface area contributed by atoms with Gasteiger partial charge in [-0.05, 0) is 22.0 Å². The van der Waals surface area contributed by atoms with E-state index in [1.165, 1.54) is 0 Å². The standard InChI is InChI=1S/C10H10BrClN2/c1-10(2,3)8-7(12)4-6(5-13)9(11)14-8/h4H,1-3H3. The summed E-state index contributed by atoms with van der Waals surface area (Å²) in [6, 6.07) is 3.66. The van der Waals surface area contributed by atoms with Gasteiger partial charge in [-0.1, -0.05) is 32.4 Å². The van der Waals surface area contributed by atoms with Gasteiger partial charge in [0, 0.05) is 5.41 Å². The van der Waals surface area contributed by atoms with Crippen LogP contribution in [0.25, 0.3) is 0 Å². The zero-order chi connectivity index (χ0) is 10.9. The normalized spacial score (nSPS) is 11.1. The van der Waals surface area contributed by atoms with Crippen molar-refractivity contribution in [3.8, 4) is 6.07 Å². The zero-order valence-electron chi connectivity index (χ0n) is 8.23. The SMILES string of the molecule is CC(C)(C)c1nc(Br)c(C#N)cc1Cl. The molecule has 74 valence electrons. The monoisotopic (exact) mass is 272 g/mol. The third kappa shape index (κ3) is 2.26. The highest BCUT2D eigenvalue weighted by molar-refractivity contribution is 9.10. The molecule has 14 heavy (non-hydrogen) atoms. The van der Waals surface area contributed by atoms with Crippen LogP contribution in [-0.4, -0.2) is 4.98 Å². The van der Waals surface area contributed by atoms with Crippen molar-refractivity contribution in [2.45, 2.75) is 26.2 Å². The smallest absolute Gasteiger partial charge is 0.124 e. The van der Waals surface area contributed by atoms with E-state index in [4.69, 9.17) is 16.9 Å². The summed E-state index contributed by atoms with van der Waals surface area (Å²) in [4.78, 5) is 4.28. The summed E-state index contributed by atoms with van der Waals surface area (Å²) in [5.74, 6) is 0. The molecule has 0 spiro atoms. The minimum absolute atomic E-state index is 0.117. The van der Waals surface area contributed by atoms with Crippen LogP contribution >= 0.6 is 27.5 Å². The third-order valence-electron chi connectivity index (χ3n) is 1.76. The fourth-order valence-electron chi connectivity index (χ4n) is 1.07. The van der Waals surface area contributed by atoms with E-state index in [2.05, 4.69) is 20.9 Å². The van der Waals surface area contributed by atoms with Crippen LogP contribution in [0.15, 0.2) is 10.7 Å². The second-order valence-electron chi connectivity index (χ2n) is 4.02. The number of aromatic nitrogens is 1. The van der Waals surface area contributed by atoms with E-state index in [1.54, 1.807) is 6.07 Å². The van der Waals surface area contributed by atoms with E-state index < -0.39 is 0 Å². The molecule has 0 N–H and O–H groups in total. The van der Waals surface area contributed by atoms with E-state index in [9.17, 15) is 0 Å². The fourth-order valence-corrected chi connectivity index (χ4v) is 1.89. The van der Waals surface area contributed by atoms with E-state index in [0.717, 1.165) is 5.69 Å². The zero-order valence-corrected chi connectivity index (χ0v) is 10.6. The molecule has 0 amide bonds. The van der Waals surface area contributed by atoms with Crippen molar-refractivity contribution in [3.63, 3.8) is 0 Å². The van der Waals surface area contributed by atoms with Gasteiger partial charge in [-0.3, -0.25) is 0 Å². The summed E-state index contributed by atoms with van der Waals surface area (Å²) in [5.41, 5.74) is 1.14. The van der Waals surface area contributed by atoms with Crippen LogP contribution in [0.4, 0.5) is 0 Å². The lowest BCUT2D eigenvalue weighted by atomic mass is 9.91. The number of nitriles is 1. The Hall–Kier alpha value is -0.590. The first-order valence-electron chi connectivity index (χ1n) is 4.13. The highest BCUT2D eigenvalue weighted by atomic mass is 79.9. The van der Waals surface area contributed by atoms with Gasteiger partial charge in [0.05, 0.1) is 16.3 Å². The molecule has 0 bridgehead atoms. The average Bonchev–Trinajstić information content (AvgIpc) is 2.06. The first-order valence-corrected chi connectivity index (χ1v) is 5.30. The first-order chi connectivity index (χ1) is 6.36. The minimum Gasteiger partial charge on any atom is -0.242 e. The molecule has 0 aliphatic rings. The molecule has 0 aliphatic carbocycles. The number of pyridine rings is 1. The summed E-state index contributed by atoms with van der Waals surface area (Å²) in [7, 11) is 0. The van der Waals surface area contributed by atoms with Gasteiger partial charge in [0.2, 0.25) is 0 Å². The lowest BCUT2D eigenvalue weighted by molar-refractivity contribution is 0.567. The average molecular weight is 274 g/mol. The lowest BCUT2D eigenvalue weighted by Crippen LogP contribution is -2.14. The number of hydrogen-bond donors (Lipinski definition) is 0. The Bertz CT molecular complexity index is 402. The predicted molar refractivity (Wildman–Crippen MR) is 60.4 cm³/mol. The molecular formula is C10H10BrClN2. The highest BCUT2D eigenvalue weighted by Gasteiger charge is 2.20. The lowest BCUT2D eigenvalue weighted by Gasteiger charge is -2.19. The topological polar surface area (TPSA) is 36.7 Å². The van der Waals surface area contributed by atoms with Gasteiger partial charge in [0.15, 0.2) is 0 Å². The van der Waals surface area contributed by atoms with Crippen molar-refractivity contribution in [2.75, 3.05) is 0 Å². The first kappa shape index (κ1) is 11.5. The fraction of sp³-hybridized carbons (Fsp3) is 0.400. The van der Waals surface area contributed by atoms with Crippen LogP contribution in [0.1, 0.15) is 32.0 Å². The molecule has 1 aromatic rings. The largest absolute Gasteiger partial charge is 0.242 e. The molecule has 1 aromatic heterocycles. The maximum Gasteiger partial charge on any atom is 0.124 e. The molecule has 0 aromatic carbocycles. The van der Waals surface area contributed by atoms with Crippen LogP contribution in [0, 0.1) is 11.3 Å². The van der Waals surface area contributed by atoms with Crippen molar-refractivity contribution in [2.24, 2.45) is 0 Å². The maximum absolute atomic E-state index is 8.76. The summed E-state index contributed by atoms with van der Waals surface area (Å²) < 4.78 is 0.550. The van der Waals surface area contributed by atoms with Gasteiger partial charge in [0.25, 0.3) is 0 Å². The van der Waals surface area contributed by atoms with Crippen molar-refractivity contribution in [1.29, 1.82) is 5.26 Å². The number of halogens is 2. The van der Waals surface area contributed by atoms with E-state index in [-0.39, 0.29) is 5.41 Å². The molecule has 0 radical (unpaired) electrons. The molecule has 0 aliphatic heterocycles. The van der Waals surface area contributed by atoms with E-state index in [1.807, 2.05) is 26.8 Å². The van der Waals surface area contributed by atoms with Gasteiger partial charge >= 0.3 is 0 Å². The van der Waals surface area contributed by atoms with Crippen molar-refractivity contribution >= 4 is 27.5 Å². The van der Waals surface area contributed by atoms with Crippen LogP contribution in [0.3, 0.4) is 0 Å². The van der Waals surface area contributed by atoms with E-state index in [0.29, 0.717) is 15.2 Å². The molecule has 1 heterocycles. The molecule has 0 saturated carbocycles. The molecular weight excluding hydrogens is 263 g/mol. The summed E-state index contributed by atoms with van der Waals surface area (Å²) in [6.07, 6.45) is 0. The van der Waals surface area contributed by atoms with Gasteiger partial charge in [-0.25, -0.2) is 4.98 Å². The Morgan fingerprint density at radius 2 is 2.07 bits per heavy atom. The molecule has 0 saturated heterocycles. The Labute approximate surface area is 97.0 Å². The molecule has 1 rings (SSSR count). The second kappa shape index (κ2) is 3.88. The minimum atomic E-state index is -0.117. The molecule has 2 nitrogen and oxygen atoms in total.